The Balaban J connectivity index is 1.63. The fourth-order valence-electron chi connectivity index (χ4n) is 3.99. The van der Waals surface area contributed by atoms with E-state index in [9.17, 15) is 23.2 Å². The molecule has 1 aromatic heterocycles. The highest BCUT2D eigenvalue weighted by Crippen LogP contribution is 2.37. The van der Waals surface area contributed by atoms with Crippen LogP contribution in [0.1, 0.15) is 11.1 Å². The Bertz CT molecular complexity index is 1690. The standard InChI is InChI=1S/C25H20N2O5S/c1-13-3-4-15(9-14(13)2)16-5-7-19(21(28)11-16)25-26-20-8-6-17-10-18(33(30,31)32)12-22(29)23(17)24(20)27-25/h3-12,28-29H,1-2H3,(H,26,27)(H,30,31,32). The number of nitrogens with one attached hydrogen (secondary N) is 1. The van der Waals surface area contributed by atoms with E-state index in [4.69, 9.17) is 0 Å². The first-order valence-corrected chi connectivity index (χ1v) is 11.6. The van der Waals surface area contributed by atoms with E-state index in [1.165, 1.54) is 11.6 Å². The van der Waals surface area contributed by atoms with Gasteiger partial charge in [0.2, 0.25) is 0 Å². The molecule has 0 saturated heterocycles. The summed E-state index contributed by atoms with van der Waals surface area (Å²) in [5.74, 6) is 0.130. The summed E-state index contributed by atoms with van der Waals surface area (Å²) in [6.07, 6.45) is 0. The van der Waals surface area contributed by atoms with Gasteiger partial charge in [-0.2, -0.15) is 8.42 Å². The molecule has 8 heteroatoms. The van der Waals surface area contributed by atoms with Gasteiger partial charge in [-0.3, -0.25) is 4.55 Å². The summed E-state index contributed by atoms with van der Waals surface area (Å²) in [7, 11) is -4.47. The van der Waals surface area contributed by atoms with Gasteiger partial charge in [0.25, 0.3) is 10.1 Å². The van der Waals surface area contributed by atoms with Gasteiger partial charge in [0.05, 0.1) is 21.4 Å². The lowest BCUT2D eigenvalue weighted by molar-refractivity contribution is 0.471. The van der Waals surface area contributed by atoms with Crippen molar-refractivity contribution in [1.29, 1.82) is 0 Å². The second-order valence-corrected chi connectivity index (χ2v) is 9.52. The Morgan fingerprint density at radius 2 is 1.55 bits per heavy atom. The van der Waals surface area contributed by atoms with Crippen LogP contribution in [0, 0.1) is 13.8 Å². The Morgan fingerprint density at radius 1 is 0.818 bits per heavy atom. The molecule has 0 bridgehead atoms. The van der Waals surface area contributed by atoms with E-state index in [2.05, 4.69) is 16.0 Å². The van der Waals surface area contributed by atoms with Gasteiger partial charge in [0.15, 0.2) is 0 Å². The number of phenols is 2. The first-order valence-electron chi connectivity index (χ1n) is 10.2. The number of aryl methyl sites for hydroxylation is 2. The molecule has 0 fully saturated rings. The van der Waals surface area contributed by atoms with Crippen molar-refractivity contribution in [3.8, 4) is 34.0 Å². The number of aromatic amines is 1. The van der Waals surface area contributed by atoms with E-state index >= 15 is 0 Å². The van der Waals surface area contributed by atoms with Crippen LogP contribution in [0.2, 0.25) is 0 Å². The third-order valence-corrected chi connectivity index (χ3v) is 6.74. The van der Waals surface area contributed by atoms with Gasteiger partial charge in [-0.15, -0.1) is 0 Å². The van der Waals surface area contributed by atoms with E-state index in [0.717, 1.165) is 22.8 Å². The summed E-state index contributed by atoms with van der Waals surface area (Å²) < 4.78 is 32.3. The van der Waals surface area contributed by atoms with Gasteiger partial charge in [0, 0.05) is 6.07 Å². The fourth-order valence-corrected chi connectivity index (χ4v) is 4.53. The van der Waals surface area contributed by atoms with Crippen LogP contribution in [-0.2, 0) is 10.1 Å². The van der Waals surface area contributed by atoms with Gasteiger partial charge >= 0.3 is 0 Å². The minimum atomic E-state index is -4.47. The second-order valence-electron chi connectivity index (χ2n) is 8.09. The lowest BCUT2D eigenvalue weighted by Gasteiger charge is -2.08. The van der Waals surface area contributed by atoms with Crippen molar-refractivity contribution < 1.29 is 23.2 Å². The quantitative estimate of drug-likeness (QED) is 0.270. The SMILES string of the molecule is Cc1ccc(-c2ccc(-c3nc4c(ccc5cc(S(=O)(=O)O)cc(O)c54)[nH]3)c(O)c2)cc1C. The maximum atomic E-state index is 11.5. The zero-order chi connectivity index (χ0) is 23.5. The number of imidazole rings is 1. The minimum Gasteiger partial charge on any atom is -0.507 e. The van der Waals surface area contributed by atoms with E-state index in [1.54, 1.807) is 24.3 Å². The Morgan fingerprint density at radius 3 is 2.24 bits per heavy atom. The molecule has 166 valence electrons. The van der Waals surface area contributed by atoms with E-state index in [0.29, 0.717) is 33.2 Å². The van der Waals surface area contributed by atoms with Crippen LogP contribution in [0.3, 0.4) is 0 Å². The van der Waals surface area contributed by atoms with E-state index in [-0.39, 0.29) is 11.5 Å². The Labute approximate surface area is 189 Å². The molecule has 0 spiro atoms. The number of fused-ring (bicyclic) bond motifs is 3. The summed E-state index contributed by atoms with van der Waals surface area (Å²) in [5, 5.41) is 22.0. The van der Waals surface area contributed by atoms with Crippen molar-refractivity contribution in [3.05, 3.63) is 71.8 Å². The lowest BCUT2D eigenvalue weighted by Crippen LogP contribution is -1.97. The van der Waals surface area contributed by atoms with Crippen molar-refractivity contribution in [3.63, 3.8) is 0 Å². The molecular formula is C25H20N2O5S. The van der Waals surface area contributed by atoms with Crippen LogP contribution in [0.5, 0.6) is 11.5 Å². The third kappa shape index (κ3) is 3.59. The first kappa shape index (κ1) is 21.0. The average molecular weight is 461 g/mol. The minimum absolute atomic E-state index is 0.0481. The van der Waals surface area contributed by atoms with Crippen LogP contribution in [0.15, 0.2) is 65.6 Å². The average Bonchev–Trinajstić information content (AvgIpc) is 3.18. The molecule has 0 aliphatic heterocycles. The monoisotopic (exact) mass is 460 g/mol. The number of rotatable bonds is 3. The van der Waals surface area contributed by atoms with Crippen molar-refractivity contribution in [1.82, 2.24) is 9.97 Å². The zero-order valence-electron chi connectivity index (χ0n) is 17.8. The van der Waals surface area contributed by atoms with Crippen LogP contribution < -0.4 is 0 Å². The maximum absolute atomic E-state index is 11.5. The van der Waals surface area contributed by atoms with Crippen molar-refractivity contribution >= 4 is 31.9 Å². The molecule has 0 atom stereocenters. The molecule has 5 aromatic rings. The summed E-state index contributed by atoms with van der Waals surface area (Å²) in [6.45, 7) is 4.09. The number of benzene rings is 4. The number of H-pyrrole nitrogens is 1. The molecule has 0 aliphatic carbocycles. The molecule has 4 N–H and O–H groups in total. The number of hydrogen-bond donors (Lipinski definition) is 4. The Kier molecular flexibility index (Phi) is 4.66. The molecule has 0 saturated carbocycles. The molecular weight excluding hydrogens is 440 g/mol. The highest BCUT2D eigenvalue weighted by Gasteiger charge is 2.18. The summed E-state index contributed by atoms with van der Waals surface area (Å²) in [6, 6.07) is 17.1. The van der Waals surface area contributed by atoms with Crippen molar-refractivity contribution in [2.75, 3.05) is 0 Å². The molecule has 0 aliphatic rings. The second kappa shape index (κ2) is 7.33. The van der Waals surface area contributed by atoms with E-state index < -0.39 is 15.0 Å². The highest BCUT2D eigenvalue weighted by molar-refractivity contribution is 7.85. The van der Waals surface area contributed by atoms with Crippen LogP contribution in [0.4, 0.5) is 0 Å². The zero-order valence-corrected chi connectivity index (χ0v) is 18.6. The molecule has 7 nitrogen and oxygen atoms in total. The topological polar surface area (TPSA) is 124 Å². The van der Waals surface area contributed by atoms with Gasteiger partial charge in [-0.25, -0.2) is 4.98 Å². The highest BCUT2D eigenvalue weighted by atomic mass is 32.2. The van der Waals surface area contributed by atoms with Gasteiger partial charge in [-0.1, -0.05) is 30.3 Å². The molecule has 5 rings (SSSR count). The van der Waals surface area contributed by atoms with Crippen molar-refractivity contribution in [2.45, 2.75) is 18.7 Å². The molecule has 0 radical (unpaired) electrons. The normalized spacial score (nSPS) is 12.0. The van der Waals surface area contributed by atoms with Gasteiger partial charge < -0.3 is 15.2 Å². The van der Waals surface area contributed by atoms with Crippen LogP contribution >= 0.6 is 0 Å². The predicted molar refractivity (Wildman–Crippen MR) is 127 cm³/mol. The van der Waals surface area contributed by atoms with Crippen LogP contribution in [0.25, 0.3) is 44.3 Å². The number of aromatic nitrogens is 2. The van der Waals surface area contributed by atoms with Gasteiger partial charge in [0.1, 0.15) is 22.8 Å². The predicted octanol–water partition coefficient (Wildman–Crippen LogP) is 5.32. The molecule has 33 heavy (non-hydrogen) atoms. The molecule has 0 unspecified atom stereocenters. The third-order valence-electron chi connectivity index (χ3n) is 5.91. The van der Waals surface area contributed by atoms with Crippen molar-refractivity contribution in [2.24, 2.45) is 0 Å². The lowest BCUT2D eigenvalue weighted by atomic mass is 9.99. The molecule has 1 heterocycles. The Hall–Kier alpha value is -3.88. The molecule has 4 aromatic carbocycles. The summed E-state index contributed by atoms with van der Waals surface area (Å²) in [5.41, 5.74) is 5.73. The van der Waals surface area contributed by atoms with E-state index in [1.807, 2.05) is 32.0 Å². The first-order chi connectivity index (χ1) is 15.6. The molecule has 0 amide bonds. The maximum Gasteiger partial charge on any atom is 0.294 e. The van der Waals surface area contributed by atoms with Crippen LogP contribution in [-0.4, -0.2) is 33.2 Å². The largest absolute Gasteiger partial charge is 0.507 e. The number of hydrogen-bond acceptors (Lipinski definition) is 5. The summed E-state index contributed by atoms with van der Waals surface area (Å²) in [4.78, 5) is 7.31. The number of nitrogens with zero attached hydrogens (tertiary/aromatic N) is 1. The number of phenolic OH excluding ortho intramolecular Hbond substituents is 2. The summed E-state index contributed by atoms with van der Waals surface area (Å²) >= 11 is 0. The fraction of sp³-hybridized carbons (Fsp3) is 0.0800. The number of aromatic hydroxyl groups is 2. The smallest absolute Gasteiger partial charge is 0.294 e. The van der Waals surface area contributed by atoms with Gasteiger partial charge in [-0.05, 0) is 65.8 Å².